The Kier molecular flexibility index (Phi) is 8.26. The van der Waals surface area contributed by atoms with Gasteiger partial charge in [-0.25, -0.2) is 0 Å². The third-order valence-corrected chi connectivity index (χ3v) is 5.90. The van der Waals surface area contributed by atoms with Crippen molar-refractivity contribution < 1.29 is 19.1 Å². The molecule has 0 heterocycles. The Bertz CT molecular complexity index is 1390. The van der Waals surface area contributed by atoms with Crippen LogP contribution in [0, 0.1) is 0 Å². The van der Waals surface area contributed by atoms with Gasteiger partial charge < -0.3 is 14.8 Å². The van der Waals surface area contributed by atoms with Crippen LogP contribution in [0.25, 0.3) is 0 Å². The summed E-state index contributed by atoms with van der Waals surface area (Å²) in [6.07, 6.45) is 0. The summed E-state index contributed by atoms with van der Waals surface area (Å²) in [7, 11) is 0. The van der Waals surface area contributed by atoms with Crippen LogP contribution in [0.3, 0.4) is 0 Å². The van der Waals surface area contributed by atoms with E-state index in [-0.39, 0.29) is 18.3 Å². The zero-order valence-corrected chi connectivity index (χ0v) is 21.0. The Balaban J connectivity index is 1.59. The van der Waals surface area contributed by atoms with E-state index in [4.69, 9.17) is 32.7 Å². The highest BCUT2D eigenvalue weighted by Crippen LogP contribution is 2.28. The highest BCUT2D eigenvalue weighted by atomic mass is 35.5. The number of nitrogens with one attached hydrogen (secondary N) is 1. The molecule has 182 valence electrons. The SMILES string of the molecule is CCOc1ccc(C(=O)Nc2ccc(Cl)cc2C(=O)c2ccccc2)cc1COc1ccccc1Cl. The molecule has 0 aliphatic heterocycles. The molecule has 0 aromatic heterocycles. The molecule has 0 saturated carbocycles. The van der Waals surface area contributed by atoms with Crippen LogP contribution in [0.5, 0.6) is 11.5 Å². The van der Waals surface area contributed by atoms with E-state index in [1.807, 2.05) is 25.1 Å². The normalized spacial score (nSPS) is 10.5. The Morgan fingerprint density at radius 3 is 2.28 bits per heavy atom. The summed E-state index contributed by atoms with van der Waals surface area (Å²) in [6, 6.07) is 25.9. The summed E-state index contributed by atoms with van der Waals surface area (Å²) in [5.41, 5.74) is 2.22. The molecule has 7 heteroatoms. The maximum atomic E-state index is 13.2. The van der Waals surface area contributed by atoms with Crippen molar-refractivity contribution >= 4 is 40.6 Å². The highest BCUT2D eigenvalue weighted by Gasteiger charge is 2.18. The maximum absolute atomic E-state index is 13.2. The van der Waals surface area contributed by atoms with Gasteiger partial charge in [0.15, 0.2) is 5.78 Å². The molecule has 0 unspecified atom stereocenters. The molecular formula is C29H23Cl2NO4. The fourth-order valence-electron chi connectivity index (χ4n) is 3.60. The summed E-state index contributed by atoms with van der Waals surface area (Å²) in [5.74, 6) is 0.504. The fourth-order valence-corrected chi connectivity index (χ4v) is 3.96. The minimum Gasteiger partial charge on any atom is -0.493 e. The topological polar surface area (TPSA) is 64.6 Å². The number of carbonyl (C=O) groups is 2. The molecule has 0 aliphatic carbocycles. The number of ketones is 1. The second-order valence-electron chi connectivity index (χ2n) is 7.81. The Morgan fingerprint density at radius 1 is 0.778 bits per heavy atom. The lowest BCUT2D eigenvalue weighted by molar-refractivity contribution is 0.102. The minimum absolute atomic E-state index is 0.152. The van der Waals surface area contributed by atoms with Gasteiger partial charge in [-0.2, -0.15) is 0 Å². The number of amides is 1. The molecule has 4 aromatic carbocycles. The average Bonchev–Trinajstić information content (AvgIpc) is 2.90. The molecule has 0 spiro atoms. The lowest BCUT2D eigenvalue weighted by Gasteiger charge is -2.15. The molecule has 4 rings (SSSR count). The van der Waals surface area contributed by atoms with E-state index >= 15 is 0 Å². The van der Waals surface area contributed by atoms with Crippen LogP contribution in [0.15, 0.2) is 91.0 Å². The zero-order valence-electron chi connectivity index (χ0n) is 19.5. The van der Waals surface area contributed by atoms with E-state index in [1.54, 1.807) is 72.8 Å². The number of rotatable bonds is 9. The van der Waals surface area contributed by atoms with Crippen molar-refractivity contribution in [3.8, 4) is 11.5 Å². The second-order valence-corrected chi connectivity index (χ2v) is 8.66. The van der Waals surface area contributed by atoms with E-state index in [0.717, 1.165) is 0 Å². The number of hydrogen-bond acceptors (Lipinski definition) is 4. The standard InChI is InChI=1S/C29H23Cl2NO4/c1-2-35-26-15-12-20(16-21(26)18-36-27-11-7-6-10-24(27)31)29(34)32-25-14-13-22(30)17-23(25)28(33)19-8-4-3-5-9-19/h3-17H,2,18H2,1H3,(H,32,34). The van der Waals surface area contributed by atoms with Crippen molar-refractivity contribution in [1.82, 2.24) is 0 Å². The van der Waals surface area contributed by atoms with Crippen LogP contribution >= 0.6 is 23.2 Å². The van der Waals surface area contributed by atoms with E-state index in [0.29, 0.717) is 56.1 Å². The van der Waals surface area contributed by atoms with E-state index in [1.165, 1.54) is 0 Å². The first kappa shape index (κ1) is 25.3. The smallest absolute Gasteiger partial charge is 0.255 e. The van der Waals surface area contributed by atoms with Crippen LogP contribution < -0.4 is 14.8 Å². The Morgan fingerprint density at radius 2 is 1.53 bits per heavy atom. The number of ether oxygens (including phenoxy) is 2. The van der Waals surface area contributed by atoms with Gasteiger partial charge in [0, 0.05) is 27.3 Å². The van der Waals surface area contributed by atoms with Gasteiger partial charge >= 0.3 is 0 Å². The summed E-state index contributed by atoms with van der Waals surface area (Å²) >= 11 is 12.4. The zero-order chi connectivity index (χ0) is 25.5. The molecule has 5 nitrogen and oxygen atoms in total. The molecule has 36 heavy (non-hydrogen) atoms. The molecule has 0 saturated heterocycles. The average molecular weight is 520 g/mol. The summed E-state index contributed by atoms with van der Waals surface area (Å²) in [6.45, 7) is 2.49. The molecule has 0 fully saturated rings. The Labute approximate surface area is 219 Å². The number of anilines is 1. The molecular weight excluding hydrogens is 497 g/mol. The van der Waals surface area contributed by atoms with Gasteiger partial charge in [0.2, 0.25) is 0 Å². The van der Waals surface area contributed by atoms with Crippen molar-refractivity contribution in [3.05, 3.63) is 123 Å². The number of para-hydroxylation sites is 1. The lowest BCUT2D eigenvalue weighted by atomic mass is 10.0. The highest BCUT2D eigenvalue weighted by molar-refractivity contribution is 6.32. The Hall–Kier alpha value is -3.80. The third-order valence-electron chi connectivity index (χ3n) is 5.35. The minimum atomic E-state index is -0.388. The van der Waals surface area contributed by atoms with Crippen LogP contribution in [0.2, 0.25) is 10.0 Å². The number of carbonyl (C=O) groups excluding carboxylic acids is 2. The maximum Gasteiger partial charge on any atom is 0.255 e. The number of halogens is 2. The van der Waals surface area contributed by atoms with Crippen LogP contribution in [-0.2, 0) is 6.61 Å². The summed E-state index contributed by atoms with van der Waals surface area (Å²) < 4.78 is 11.6. The first-order valence-electron chi connectivity index (χ1n) is 11.3. The van der Waals surface area contributed by atoms with Gasteiger partial charge in [-0.1, -0.05) is 65.7 Å². The first-order valence-corrected chi connectivity index (χ1v) is 12.1. The van der Waals surface area contributed by atoms with Gasteiger partial charge in [-0.15, -0.1) is 0 Å². The molecule has 0 atom stereocenters. The molecule has 4 aromatic rings. The van der Waals surface area contributed by atoms with E-state index in [9.17, 15) is 9.59 Å². The van der Waals surface area contributed by atoms with Crippen LogP contribution in [0.4, 0.5) is 5.69 Å². The van der Waals surface area contributed by atoms with Gasteiger partial charge in [0.1, 0.15) is 18.1 Å². The second kappa shape index (κ2) is 11.8. The number of hydrogen-bond donors (Lipinski definition) is 1. The fraction of sp³-hybridized carbons (Fsp3) is 0.103. The number of benzene rings is 4. The van der Waals surface area contributed by atoms with Gasteiger partial charge in [-0.05, 0) is 55.5 Å². The van der Waals surface area contributed by atoms with Crippen molar-refractivity contribution in [2.75, 3.05) is 11.9 Å². The lowest BCUT2D eigenvalue weighted by Crippen LogP contribution is -2.16. The quantitative estimate of drug-likeness (QED) is 0.233. The van der Waals surface area contributed by atoms with Gasteiger partial charge in [0.25, 0.3) is 5.91 Å². The van der Waals surface area contributed by atoms with Crippen LogP contribution in [0.1, 0.15) is 38.8 Å². The molecule has 0 aliphatic rings. The van der Waals surface area contributed by atoms with E-state index < -0.39 is 0 Å². The predicted octanol–water partition coefficient (Wildman–Crippen LogP) is 7.45. The molecule has 0 radical (unpaired) electrons. The molecule has 1 amide bonds. The van der Waals surface area contributed by atoms with Crippen molar-refractivity contribution in [3.63, 3.8) is 0 Å². The molecule has 0 bridgehead atoms. The van der Waals surface area contributed by atoms with Gasteiger partial charge in [-0.3, -0.25) is 9.59 Å². The first-order chi connectivity index (χ1) is 17.5. The predicted molar refractivity (Wildman–Crippen MR) is 143 cm³/mol. The summed E-state index contributed by atoms with van der Waals surface area (Å²) in [5, 5.41) is 3.73. The van der Waals surface area contributed by atoms with Gasteiger partial charge in [0.05, 0.1) is 17.3 Å². The van der Waals surface area contributed by atoms with Crippen LogP contribution in [-0.4, -0.2) is 18.3 Å². The summed E-state index contributed by atoms with van der Waals surface area (Å²) in [4.78, 5) is 26.3. The van der Waals surface area contributed by atoms with E-state index in [2.05, 4.69) is 5.32 Å². The third kappa shape index (κ3) is 6.06. The monoisotopic (exact) mass is 519 g/mol. The van der Waals surface area contributed by atoms with Crippen molar-refractivity contribution in [2.24, 2.45) is 0 Å². The van der Waals surface area contributed by atoms with Crippen molar-refractivity contribution in [2.45, 2.75) is 13.5 Å². The molecule has 1 N–H and O–H groups in total. The largest absolute Gasteiger partial charge is 0.493 e. The van der Waals surface area contributed by atoms with Crippen molar-refractivity contribution in [1.29, 1.82) is 0 Å².